The zero-order valence-corrected chi connectivity index (χ0v) is 13.4. The van der Waals surface area contributed by atoms with Gasteiger partial charge < -0.3 is 10.6 Å². The Labute approximate surface area is 127 Å². The second-order valence-corrected chi connectivity index (χ2v) is 5.86. The highest BCUT2D eigenvalue weighted by molar-refractivity contribution is 5.88. The van der Waals surface area contributed by atoms with E-state index in [4.69, 9.17) is 0 Å². The van der Waals surface area contributed by atoms with Gasteiger partial charge in [-0.25, -0.2) is 0 Å². The van der Waals surface area contributed by atoms with E-state index in [9.17, 15) is 4.79 Å². The van der Waals surface area contributed by atoms with E-state index < -0.39 is 0 Å². The zero-order chi connectivity index (χ0) is 15.2. The molecule has 1 amide bonds. The highest BCUT2D eigenvalue weighted by Gasteiger charge is 2.23. The molecule has 1 aromatic carbocycles. The number of likely N-dealkylation sites (N-methyl/N-ethyl adjacent to an activating group) is 1. The van der Waals surface area contributed by atoms with E-state index in [1.807, 2.05) is 18.2 Å². The van der Waals surface area contributed by atoms with Crippen LogP contribution in [0.1, 0.15) is 45.2 Å². The highest BCUT2D eigenvalue weighted by atomic mass is 16.1. The third kappa shape index (κ3) is 4.55. The van der Waals surface area contributed by atoms with Gasteiger partial charge in [-0.1, -0.05) is 19.1 Å². The summed E-state index contributed by atoms with van der Waals surface area (Å²) in [5.41, 5.74) is 2.08. The van der Waals surface area contributed by atoms with Crippen LogP contribution in [0.4, 0.5) is 5.69 Å². The Kier molecular flexibility index (Phi) is 5.76. The molecule has 2 unspecified atom stereocenters. The molecular formula is C17H27N3O. The van der Waals surface area contributed by atoms with Crippen LogP contribution in [0.3, 0.4) is 0 Å². The first-order valence-electron chi connectivity index (χ1n) is 7.95. The van der Waals surface area contributed by atoms with E-state index in [0.717, 1.165) is 18.8 Å². The summed E-state index contributed by atoms with van der Waals surface area (Å²) in [5, 5.41) is 6.47. The van der Waals surface area contributed by atoms with Crippen molar-refractivity contribution < 1.29 is 4.79 Å². The number of likely N-dealkylation sites (tertiary alicyclic amines) is 1. The Morgan fingerprint density at radius 3 is 3.00 bits per heavy atom. The Bertz CT molecular complexity index is 475. The molecule has 0 aliphatic carbocycles. The van der Waals surface area contributed by atoms with Gasteiger partial charge in [-0.3, -0.25) is 9.69 Å². The molecule has 0 bridgehead atoms. The van der Waals surface area contributed by atoms with Crippen LogP contribution in [0.5, 0.6) is 0 Å². The first-order valence-corrected chi connectivity index (χ1v) is 7.95. The van der Waals surface area contributed by atoms with Crippen LogP contribution in [-0.2, 0) is 4.79 Å². The van der Waals surface area contributed by atoms with Gasteiger partial charge in [0.05, 0.1) is 0 Å². The molecule has 21 heavy (non-hydrogen) atoms. The largest absolute Gasteiger partial charge is 0.326 e. The number of amides is 1. The quantitative estimate of drug-likeness (QED) is 0.846. The molecule has 116 valence electrons. The summed E-state index contributed by atoms with van der Waals surface area (Å²) >= 11 is 0. The first kappa shape index (κ1) is 16.0. The van der Waals surface area contributed by atoms with Crippen LogP contribution in [0.25, 0.3) is 0 Å². The van der Waals surface area contributed by atoms with Crippen molar-refractivity contribution in [2.75, 3.05) is 25.0 Å². The van der Waals surface area contributed by atoms with Crippen molar-refractivity contribution in [3.8, 4) is 0 Å². The average Bonchev–Trinajstić information content (AvgIpc) is 2.91. The molecule has 2 atom stereocenters. The van der Waals surface area contributed by atoms with Crippen molar-refractivity contribution >= 4 is 11.6 Å². The summed E-state index contributed by atoms with van der Waals surface area (Å²) < 4.78 is 0. The van der Waals surface area contributed by atoms with Gasteiger partial charge in [0.25, 0.3) is 0 Å². The number of hydrogen-bond acceptors (Lipinski definition) is 3. The lowest BCUT2D eigenvalue weighted by atomic mass is 10.1. The SMILES string of the molecule is CCN1CCCC1CNC(C)c1cccc(NC(C)=O)c1. The summed E-state index contributed by atoms with van der Waals surface area (Å²) in [6.45, 7) is 9.35. The van der Waals surface area contributed by atoms with Gasteiger partial charge in [0.1, 0.15) is 0 Å². The van der Waals surface area contributed by atoms with Crippen molar-refractivity contribution in [2.24, 2.45) is 0 Å². The number of nitrogens with zero attached hydrogens (tertiary/aromatic N) is 1. The van der Waals surface area contributed by atoms with Gasteiger partial charge in [0.15, 0.2) is 0 Å². The van der Waals surface area contributed by atoms with Crippen LogP contribution >= 0.6 is 0 Å². The van der Waals surface area contributed by atoms with E-state index in [1.165, 1.54) is 31.9 Å². The molecule has 1 fully saturated rings. The third-order valence-corrected chi connectivity index (χ3v) is 4.27. The number of anilines is 1. The zero-order valence-electron chi connectivity index (χ0n) is 13.4. The fraction of sp³-hybridized carbons (Fsp3) is 0.588. The fourth-order valence-electron chi connectivity index (χ4n) is 3.06. The van der Waals surface area contributed by atoms with Crippen LogP contribution in [0.15, 0.2) is 24.3 Å². The summed E-state index contributed by atoms with van der Waals surface area (Å²) in [5.74, 6) is -0.0303. The standard InChI is InChI=1S/C17H27N3O/c1-4-20-10-6-9-17(20)12-18-13(2)15-7-5-8-16(11-15)19-14(3)21/h5,7-8,11,13,17-18H,4,6,9-10,12H2,1-3H3,(H,19,21). The predicted octanol–water partition coefficient (Wildman–Crippen LogP) is 2.78. The van der Waals surface area contributed by atoms with Crippen molar-refractivity contribution in [3.63, 3.8) is 0 Å². The molecule has 4 heteroatoms. The summed E-state index contributed by atoms with van der Waals surface area (Å²) in [6, 6.07) is 9.02. The number of rotatable bonds is 6. The van der Waals surface area contributed by atoms with Gasteiger partial charge in [-0.2, -0.15) is 0 Å². The highest BCUT2D eigenvalue weighted by Crippen LogP contribution is 2.20. The van der Waals surface area contributed by atoms with E-state index >= 15 is 0 Å². The molecule has 0 spiro atoms. The minimum Gasteiger partial charge on any atom is -0.326 e. The molecule has 1 saturated heterocycles. The molecule has 2 rings (SSSR count). The van der Waals surface area contributed by atoms with Gasteiger partial charge >= 0.3 is 0 Å². The maximum Gasteiger partial charge on any atom is 0.221 e. The van der Waals surface area contributed by atoms with Gasteiger partial charge in [0, 0.05) is 31.2 Å². The minimum absolute atomic E-state index is 0.0303. The molecule has 4 nitrogen and oxygen atoms in total. The van der Waals surface area contributed by atoms with Crippen LogP contribution < -0.4 is 10.6 Å². The third-order valence-electron chi connectivity index (χ3n) is 4.27. The Hall–Kier alpha value is -1.39. The molecule has 0 saturated carbocycles. The molecule has 0 radical (unpaired) electrons. The fourth-order valence-corrected chi connectivity index (χ4v) is 3.06. The molecular weight excluding hydrogens is 262 g/mol. The summed E-state index contributed by atoms with van der Waals surface area (Å²) in [4.78, 5) is 13.7. The molecule has 2 N–H and O–H groups in total. The predicted molar refractivity (Wildman–Crippen MR) is 87.4 cm³/mol. The topological polar surface area (TPSA) is 44.4 Å². The van der Waals surface area contributed by atoms with Crippen LogP contribution in [-0.4, -0.2) is 36.5 Å². The Morgan fingerprint density at radius 1 is 1.48 bits per heavy atom. The number of carbonyl (C=O) groups excluding carboxylic acids is 1. The van der Waals surface area contributed by atoms with Crippen molar-refractivity contribution in [1.29, 1.82) is 0 Å². The van der Waals surface area contributed by atoms with Crippen molar-refractivity contribution in [1.82, 2.24) is 10.2 Å². The smallest absolute Gasteiger partial charge is 0.221 e. The van der Waals surface area contributed by atoms with Gasteiger partial charge in [-0.05, 0) is 50.6 Å². The monoisotopic (exact) mass is 289 g/mol. The van der Waals surface area contributed by atoms with E-state index in [-0.39, 0.29) is 11.9 Å². The minimum atomic E-state index is -0.0303. The van der Waals surface area contributed by atoms with Crippen LogP contribution in [0, 0.1) is 0 Å². The lowest BCUT2D eigenvalue weighted by Crippen LogP contribution is -2.38. The normalized spacial score (nSPS) is 20.4. The lowest BCUT2D eigenvalue weighted by molar-refractivity contribution is -0.114. The molecule has 0 aromatic heterocycles. The van der Waals surface area contributed by atoms with E-state index in [1.54, 1.807) is 0 Å². The number of carbonyl (C=O) groups is 1. The van der Waals surface area contributed by atoms with Gasteiger partial charge in [0.2, 0.25) is 5.91 Å². The lowest BCUT2D eigenvalue weighted by Gasteiger charge is -2.25. The molecule has 1 aliphatic rings. The maximum absolute atomic E-state index is 11.1. The van der Waals surface area contributed by atoms with E-state index in [2.05, 4.69) is 35.4 Å². The molecule has 1 heterocycles. The van der Waals surface area contributed by atoms with Crippen molar-refractivity contribution in [2.45, 2.75) is 45.7 Å². The summed E-state index contributed by atoms with van der Waals surface area (Å²) in [6.07, 6.45) is 2.60. The molecule has 1 aliphatic heterocycles. The average molecular weight is 289 g/mol. The number of benzene rings is 1. The van der Waals surface area contributed by atoms with Crippen molar-refractivity contribution in [3.05, 3.63) is 29.8 Å². The van der Waals surface area contributed by atoms with E-state index in [0.29, 0.717) is 6.04 Å². The summed E-state index contributed by atoms with van der Waals surface area (Å²) in [7, 11) is 0. The number of hydrogen-bond donors (Lipinski definition) is 2. The first-order chi connectivity index (χ1) is 10.1. The number of nitrogens with one attached hydrogen (secondary N) is 2. The second-order valence-electron chi connectivity index (χ2n) is 5.86. The Balaban J connectivity index is 1.90. The second kappa shape index (κ2) is 7.57. The van der Waals surface area contributed by atoms with Crippen LogP contribution in [0.2, 0.25) is 0 Å². The Morgan fingerprint density at radius 2 is 2.29 bits per heavy atom. The van der Waals surface area contributed by atoms with Gasteiger partial charge in [-0.15, -0.1) is 0 Å². The maximum atomic E-state index is 11.1. The molecule has 1 aromatic rings.